The SMILES string of the molecule is COCC[S@@+]([O-])c1sc2nc(-c3cnc4nn(C)cc4c3)cc(C(C)(C)C)c2c1N. The van der Waals surface area contributed by atoms with Crippen LogP contribution < -0.4 is 5.73 Å². The van der Waals surface area contributed by atoms with Crippen LogP contribution in [0.1, 0.15) is 26.3 Å². The topological polar surface area (TPSA) is 102 Å². The van der Waals surface area contributed by atoms with Crippen LogP contribution in [0.4, 0.5) is 5.69 Å². The summed E-state index contributed by atoms with van der Waals surface area (Å²) >= 11 is 0.176. The molecule has 2 N–H and O–H groups in total. The highest BCUT2D eigenvalue weighted by molar-refractivity contribution is 7.93. The van der Waals surface area contributed by atoms with Crippen LogP contribution in [0.3, 0.4) is 0 Å². The van der Waals surface area contributed by atoms with Crippen molar-refractivity contribution in [1.82, 2.24) is 19.7 Å². The van der Waals surface area contributed by atoms with E-state index in [-0.39, 0.29) is 5.41 Å². The van der Waals surface area contributed by atoms with Crippen molar-refractivity contribution in [1.29, 1.82) is 0 Å². The minimum Gasteiger partial charge on any atom is -0.611 e. The Bertz CT molecular complexity index is 1230. The van der Waals surface area contributed by atoms with Gasteiger partial charge >= 0.3 is 0 Å². The zero-order valence-corrected chi connectivity index (χ0v) is 19.4. The molecule has 0 aliphatic heterocycles. The van der Waals surface area contributed by atoms with Crippen molar-refractivity contribution in [2.75, 3.05) is 25.2 Å². The van der Waals surface area contributed by atoms with Crippen LogP contribution in [-0.4, -0.2) is 43.8 Å². The molecule has 158 valence electrons. The molecule has 0 saturated carbocycles. The lowest BCUT2D eigenvalue weighted by Gasteiger charge is -2.21. The van der Waals surface area contributed by atoms with Gasteiger partial charge in [0.25, 0.3) is 0 Å². The molecule has 1 atom stereocenters. The zero-order valence-electron chi connectivity index (χ0n) is 17.7. The van der Waals surface area contributed by atoms with Gasteiger partial charge in [-0.2, -0.15) is 5.10 Å². The van der Waals surface area contributed by atoms with Crippen LogP contribution in [0, 0.1) is 0 Å². The number of methoxy groups -OCH3 is 1. The molecule has 0 saturated heterocycles. The zero-order chi connectivity index (χ0) is 21.6. The van der Waals surface area contributed by atoms with Gasteiger partial charge in [0.05, 0.1) is 12.3 Å². The Morgan fingerprint density at radius 3 is 2.77 bits per heavy atom. The number of hydrogen-bond acceptors (Lipinski definition) is 7. The lowest BCUT2D eigenvalue weighted by Crippen LogP contribution is -2.14. The smallest absolute Gasteiger partial charge is 0.232 e. The predicted molar refractivity (Wildman–Crippen MR) is 123 cm³/mol. The molecule has 0 spiro atoms. The summed E-state index contributed by atoms with van der Waals surface area (Å²) in [7, 11) is 3.48. The molecule has 0 aliphatic rings. The number of hydrogen-bond donors (Lipinski definition) is 1. The highest BCUT2D eigenvalue weighted by Gasteiger charge is 2.28. The number of nitrogen functional groups attached to an aromatic ring is 1. The molecule has 4 aromatic rings. The number of pyridine rings is 2. The van der Waals surface area contributed by atoms with Gasteiger partial charge in [0.15, 0.2) is 5.65 Å². The maximum atomic E-state index is 12.8. The Kier molecular flexibility index (Phi) is 5.48. The molecule has 0 aliphatic carbocycles. The number of anilines is 1. The fraction of sp³-hybridized carbons (Fsp3) is 0.381. The van der Waals surface area contributed by atoms with Crippen molar-refractivity contribution in [3.8, 4) is 11.3 Å². The summed E-state index contributed by atoms with van der Waals surface area (Å²) in [5, 5.41) is 6.20. The summed E-state index contributed by atoms with van der Waals surface area (Å²) in [5.41, 5.74) is 10.4. The first kappa shape index (κ1) is 21.0. The lowest BCUT2D eigenvalue weighted by molar-refractivity contribution is 0.217. The second-order valence-corrected chi connectivity index (χ2v) is 11.0. The first-order valence-electron chi connectivity index (χ1n) is 9.59. The van der Waals surface area contributed by atoms with E-state index >= 15 is 0 Å². The average Bonchev–Trinajstić information content (AvgIpc) is 3.23. The van der Waals surface area contributed by atoms with Gasteiger partial charge in [0.1, 0.15) is 16.3 Å². The number of thiophene rings is 1. The van der Waals surface area contributed by atoms with Gasteiger partial charge in [-0.1, -0.05) is 32.1 Å². The molecule has 4 rings (SSSR count). The number of aryl methyl sites for hydroxylation is 1. The summed E-state index contributed by atoms with van der Waals surface area (Å²) in [6.45, 7) is 6.86. The lowest BCUT2D eigenvalue weighted by atomic mass is 9.84. The summed E-state index contributed by atoms with van der Waals surface area (Å²) in [6, 6.07) is 4.12. The largest absolute Gasteiger partial charge is 0.611 e. The third-order valence-electron chi connectivity index (χ3n) is 4.92. The number of ether oxygens (including phenoxy) is 1. The van der Waals surface area contributed by atoms with Crippen molar-refractivity contribution in [2.24, 2.45) is 7.05 Å². The molecule has 0 bridgehead atoms. The molecule has 0 amide bonds. The Balaban J connectivity index is 1.90. The van der Waals surface area contributed by atoms with Gasteiger partial charge in [0.2, 0.25) is 4.21 Å². The number of fused-ring (bicyclic) bond motifs is 2. The summed E-state index contributed by atoms with van der Waals surface area (Å²) < 4.78 is 20.3. The van der Waals surface area contributed by atoms with E-state index in [1.54, 1.807) is 18.0 Å². The molecular formula is C21H25N5O2S2. The van der Waals surface area contributed by atoms with Crippen LogP contribution in [0.25, 0.3) is 32.5 Å². The second kappa shape index (κ2) is 7.81. The van der Waals surface area contributed by atoms with Crippen LogP contribution in [0.5, 0.6) is 0 Å². The minimum atomic E-state index is -1.22. The van der Waals surface area contributed by atoms with Gasteiger partial charge in [-0.05, 0) is 23.1 Å². The van der Waals surface area contributed by atoms with E-state index < -0.39 is 11.2 Å². The standard InChI is InChI=1S/C21H25N5O2S2/c1-21(2,3)14-9-15(12-8-13-11-26(4)25-18(13)23-10-12)24-19-16(14)17(22)20(29-19)30(27)7-6-28-5/h8-11H,6-7,22H2,1-5H3/t30-/m1/s1. The molecular weight excluding hydrogens is 418 g/mol. The highest BCUT2D eigenvalue weighted by atomic mass is 32.2. The number of aromatic nitrogens is 4. The Morgan fingerprint density at radius 2 is 2.07 bits per heavy atom. The normalized spacial score (nSPS) is 13.4. The van der Waals surface area contributed by atoms with Crippen molar-refractivity contribution in [3.05, 3.63) is 30.1 Å². The van der Waals surface area contributed by atoms with Gasteiger partial charge < -0.3 is 15.0 Å². The van der Waals surface area contributed by atoms with Gasteiger partial charge in [-0.3, -0.25) is 4.68 Å². The van der Waals surface area contributed by atoms with E-state index in [1.165, 1.54) is 11.3 Å². The van der Waals surface area contributed by atoms with Crippen molar-refractivity contribution in [3.63, 3.8) is 0 Å². The van der Waals surface area contributed by atoms with Gasteiger partial charge in [-0.25, -0.2) is 9.97 Å². The number of rotatable bonds is 5. The molecule has 0 fully saturated rings. The average molecular weight is 444 g/mol. The first-order valence-corrected chi connectivity index (χ1v) is 11.7. The summed E-state index contributed by atoms with van der Waals surface area (Å²) in [4.78, 5) is 10.2. The van der Waals surface area contributed by atoms with Crippen LogP contribution in [0.2, 0.25) is 0 Å². The highest BCUT2D eigenvalue weighted by Crippen LogP contribution is 2.43. The van der Waals surface area contributed by atoms with Crippen LogP contribution in [0.15, 0.2) is 28.7 Å². The molecule has 0 unspecified atom stereocenters. The van der Waals surface area contributed by atoms with E-state index in [1.807, 2.05) is 19.3 Å². The third kappa shape index (κ3) is 3.78. The maximum absolute atomic E-state index is 12.8. The molecule has 4 aromatic heterocycles. The fourth-order valence-electron chi connectivity index (χ4n) is 3.43. The van der Waals surface area contributed by atoms with Crippen LogP contribution in [-0.2, 0) is 28.4 Å². The Morgan fingerprint density at radius 1 is 1.30 bits per heavy atom. The van der Waals surface area contributed by atoms with E-state index in [4.69, 9.17) is 15.5 Å². The van der Waals surface area contributed by atoms with E-state index in [2.05, 4.69) is 36.9 Å². The molecule has 7 nitrogen and oxygen atoms in total. The maximum Gasteiger partial charge on any atom is 0.232 e. The first-order chi connectivity index (χ1) is 14.2. The number of nitrogens with two attached hydrogens (primary N) is 1. The monoisotopic (exact) mass is 443 g/mol. The minimum absolute atomic E-state index is 0.164. The molecule has 0 aromatic carbocycles. The molecule has 30 heavy (non-hydrogen) atoms. The van der Waals surface area contributed by atoms with Gasteiger partial charge in [0, 0.05) is 54.1 Å². The second-order valence-electron chi connectivity index (χ2n) is 8.27. The fourth-order valence-corrected chi connectivity index (χ4v) is 6.00. The Labute approximate surface area is 182 Å². The van der Waals surface area contributed by atoms with Crippen molar-refractivity contribution in [2.45, 2.75) is 30.4 Å². The summed E-state index contributed by atoms with van der Waals surface area (Å²) in [5.74, 6) is 0.410. The summed E-state index contributed by atoms with van der Waals surface area (Å²) in [6.07, 6.45) is 3.74. The number of nitrogens with zero attached hydrogens (tertiary/aromatic N) is 4. The molecule has 4 heterocycles. The third-order valence-corrected chi connectivity index (χ3v) is 7.79. The van der Waals surface area contributed by atoms with Crippen LogP contribution >= 0.6 is 11.3 Å². The van der Waals surface area contributed by atoms with Crippen molar-refractivity contribution < 1.29 is 9.29 Å². The van der Waals surface area contributed by atoms with Gasteiger partial charge in [-0.15, -0.1) is 0 Å². The van der Waals surface area contributed by atoms with E-state index in [9.17, 15) is 4.55 Å². The van der Waals surface area contributed by atoms with E-state index in [0.29, 0.717) is 27.9 Å². The predicted octanol–water partition coefficient (Wildman–Crippen LogP) is 3.88. The van der Waals surface area contributed by atoms with Crippen molar-refractivity contribution >= 4 is 49.5 Å². The molecule has 9 heteroatoms. The quantitative estimate of drug-likeness (QED) is 0.470. The van der Waals surface area contributed by atoms with E-state index in [0.717, 1.165) is 32.4 Å². The molecule has 0 radical (unpaired) electrons. The Hall–Kier alpha value is -2.20.